The molecule has 0 aliphatic heterocycles. The predicted molar refractivity (Wildman–Crippen MR) is 110 cm³/mol. The van der Waals surface area contributed by atoms with Crippen LogP contribution in [0, 0.1) is 11.7 Å². The molecular weight excluding hydrogens is 377 g/mol. The van der Waals surface area contributed by atoms with E-state index in [9.17, 15) is 13.4 Å². The summed E-state index contributed by atoms with van der Waals surface area (Å²) in [5, 5.41) is 0.936. The lowest BCUT2D eigenvalue weighted by Crippen LogP contribution is -2.24. The SMILES string of the molecule is CC(C)Cc1cc(-c2c[nH]c3cc(F)ccc23)ccc1S(=O)NCCC(N)=O. The summed E-state index contributed by atoms with van der Waals surface area (Å²) in [5.74, 6) is -0.333. The van der Waals surface area contributed by atoms with Crippen LogP contribution in [-0.4, -0.2) is 21.6 Å². The third-order valence-electron chi connectivity index (χ3n) is 4.45. The molecule has 3 aromatic rings. The normalized spacial score (nSPS) is 12.6. The number of nitrogens with one attached hydrogen (secondary N) is 2. The van der Waals surface area contributed by atoms with Gasteiger partial charge in [0.15, 0.2) is 0 Å². The zero-order valence-electron chi connectivity index (χ0n) is 15.9. The van der Waals surface area contributed by atoms with Crippen molar-refractivity contribution in [2.24, 2.45) is 11.7 Å². The average Bonchev–Trinajstić information content (AvgIpc) is 3.03. The summed E-state index contributed by atoms with van der Waals surface area (Å²) in [4.78, 5) is 14.7. The number of hydrogen-bond acceptors (Lipinski definition) is 2. The smallest absolute Gasteiger partial charge is 0.218 e. The zero-order chi connectivity index (χ0) is 20.3. The molecule has 0 aliphatic rings. The minimum absolute atomic E-state index is 0.134. The van der Waals surface area contributed by atoms with Gasteiger partial charge in [-0.15, -0.1) is 0 Å². The number of hydrogen-bond donors (Lipinski definition) is 3. The number of nitrogens with two attached hydrogens (primary N) is 1. The number of fused-ring (bicyclic) bond motifs is 1. The van der Waals surface area contributed by atoms with Crippen molar-refractivity contribution in [1.29, 1.82) is 0 Å². The molecule has 148 valence electrons. The second-order valence-electron chi connectivity index (χ2n) is 7.19. The number of rotatable bonds is 8. The molecule has 1 amide bonds. The van der Waals surface area contributed by atoms with E-state index in [0.717, 1.165) is 34.0 Å². The highest BCUT2D eigenvalue weighted by atomic mass is 32.2. The monoisotopic (exact) mass is 401 g/mol. The Morgan fingerprint density at radius 1 is 1.25 bits per heavy atom. The summed E-state index contributed by atoms with van der Waals surface area (Å²) in [5.41, 5.74) is 8.80. The van der Waals surface area contributed by atoms with E-state index in [0.29, 0.717) is 10.8 Å². The Hall–Kier alpha value is -2.51. The third kappa shape index (κ3) is 4.66. The molecule has 1 heterocycles. The molecule has 5 nitrogen and oxygen atoms in total. The molecule has 1 unspecified atom stereocenters. The van der Waals surface area contributed by atoms with E-state index in [4.69, 9.17) is 5.73 Å². The van der Waals surface area contributed by atoms with Crippen LogP contribution in [0.4, 0.5) is 4.39 Å². The first-order valence-electron chi connectivity index (χ1n) is 9.18. The molecule has 4 N–H and O–H groups in total. The van der Waals surface area contributed by atoms with E-state index in [2.05, 4.69) is 23.6 Å². The molecule has 1 aromatic heterocycles. The Morgan fingerprint density at radius 3 is 2.75 bits per heavy atom. The Morgan fingerprint density at radius 2 is 2.04 bits per heavy atom. The lowest BCUT2D eigenvalue weighted by atomic mass is 9.97. The maximum Gasteiger partial charge on any atom is 0.218 e. The van der Waals surface area contributed by atoms with Crippen LogP contribution in [0.2, 0.25) is 0 Å². The predicted octanol–water partition coefficient (Wildman–Crippen LogP) is 3.66. The van der Waals surface area contributed by atoms with Crippen LogP contribution in [0.3, 0.4) is 0 Å². The van der Waals surface area contributed by atoms with E-state index >= 15 is 0 Å². The van der Waals surface area contributed by atoms with Gasteiger partial charge in [-0.1, -0.05) is 19.9 Å². The number of amides is 1. The fourth-order valence-corrected chi connectivity index (χ4v) is 4.22. The number of aromatic amines is 1. The molecule has 0 bridgehead atoms. The molecule has 1 atom stereocenters. The number of carbonyl (C=O) groups excluding carboxylic acids is 1. The maximum absolute atomic E-state index is 13.5. The highest BCUT2D eigenvalue weighted by molar-refractivity contribution is 7.83. The van der Waals surface area contributed by atoms with Gasteiger partial charge in [-0.05, 0) is 53.8 Å². The molecule has 2 aromatic carbocycles. The van der Waals surface area contributed by atoms with Crippen molar-refractivity contribution < 1.29 is 13.4 Å². The first-order valence-corrected chi connectivity index (χ1v) is 10.3. The van der Waals surface area contributed by atoms with Gasteiger partial charge in [0, 0.05) is 35.6 Å². The fraction of sp³-hybridized carbons (Fsp3) is 0.286. The van der Waals surface area contributed by atoms with Crippen LogP contribution >= 0.6 is 0 Å². The quantitative estimate of drug-likeness (QED) is 0.538. The molecule has 3 rings (SSSR count). The third-order valence-corrected chi connectivity index (χ3v) is 5.71. The largest absolute Gasteiger partial charge is 0.370 e. The van der Waals surface area contributed by atoms with E-state index in [-0.39, 0.29) is 18.8 Å². The van der Waals surface area contributed by atoms with Gasteiger partial charge in [0.2, 0.25) is 5.91 Å². The summed E-state index contributed by atoms with van der Waals surface area (Å²) >= 11 is 0. The van der Waals surface area contributed by atoms with Gasteiger partial charge in [-0.3, -0.25) is 4.79 Å². The Balaban J connectivity index is 1.95. The van der Waals surface area contributed by atoms with Gasteiger partial charge < -0.3 is 10.7 Å². The molecule has 0 aliphatic carbocycles. The molecule has 7 heteroatoms. The number of H-pyrrole nitrogens is 1. The van der Waals surface area contributed by atoms with Gasteiger partial charge in [0.05, 0.1) is 4.90 Å². The molecular formula is C21H24FN3O2S. The highest BCUT2D eigenvalue weighted by Crippen LogP contribution is 2.31. The fourth-order valence-electron chi connectivity index (χ4n) is 3.21. The number of carbonyl (C=O) groups is 1. The average molecular weight is 402 g/mol. The van der Waals surface area contributed by atoms with Crippen molar-refractivity contribution >= 4 is 27.8 Å². The van der Waals surface area contributed by atoms with E-state index in [1.165, 1.54) is 12.1 Å². The minimum Gasteiger partial charge on any atom is -0.370 e. The molecule has 0 saturated heterocycles. The van der Waals surface area contributed by atoms with Crippen LogP contribution in [0.25, 0.3) is 22.0 Å². The van der Waals surface area contributed by atoms with Crippen molar-refractivity contribution in [2.75, 3.05) is 6.54 Å². The first-order chi connectivity index (χ1) is 13.3. The van der Waals surface area contributed by atoms with Crippen LogP contribution in [0.5, 0.6) is 0 Å². The van der Waals surface area contributed by atoms with E-state index in [1.54, 1.807) is 6.07 Å². The topological polar surface area (TPSA) is 88.0 Å². The first kappa shape index (κ1) is 20.2. The summed E-state index contributed by atoms with van der Waals surface area (Å²) in [6, 6.07) is 10.5. The van der Waals surface area contributed by atoms with Crippen LogP contribution in [0.15, 0.2) is 47.5 Å². The zero-order valence-corrected chi connectivity index (χ0v) is 16.7. The minimum atomic E-state index is -1.43. The van der Waals surface area contributed by atoms with Crippen LogP contribution in [-0.2, 0) is 22.2 Å². The Kier molecular flexibility index (Phi) is 6.26. The van der Waals surface area contributed by atoms with Crippen molar-refractivity contribution in [3.63, 3.8) is 0 Å². The van der Waals surface area contributed by atoms with Crippen molar-refractivity contribution in [1.82, 2.24) is 9.71 Å². The van der Waals surface area contributed by atoms with Gasteiger partial charge in [0.1, 0.15) is 16.8 Å². The number of benzene rings is 2. The van der Waals surface area contributed by atoms with E-state index in [1.807, 2.05) is 24.4 Å². The Labute approximate surface area is 166 Å². The molecule has 28 heavy (non-hydrogen) atoms. The second-order valence-corrected chi connectivity index (χ2v) is 8.46. The van der Waals surface area contributed by atoms with Gasteiger partial charge in [-0.25, -0.2) is 13.3 Å². The number of aromatic nitrogens is 1. The van der Waals surface area contributed by atoms with E-state index < -0.39 is 16.9 Å². The summed E-state index contributed by atoms with van der Waals surface area (Å²) in [6.45, 7) is 4.47. The molecule has 0 radical (unpaired) electrons. The summed E-state index contributed by atoms with van der Waals surface area (Å²) in [7, 11) is -1.43. The lowest BCUT2D eigenvalue weighted by Gasteiger charge is -2.14. The van der Waals surface area contributed by atoms with Crippen LogP contribution < -0.4 is 10.5 Å². The number of primary amides is 1. The number of halogens is 1. The molecule has 0 fully saturated rings. The van der Waals surface area contributed by atoms with Gasteiger partial charge in [0.25, 0.3) is 0 Å². The summed E-state index contributed by atoms with van der Waals surface area (Å²) < 4.78 is 29.0. The van der Waals surface area contributed by atoms with Crippen molar-refractivity contribution in [3.8, 4) is 11.1 Å². The standard InChI is InChI=1S/C21H24FN3O2S/c1-13(2)9-15-10-14(3-6-20(15)28(27)25-8-7-21(23)26)18-12-24-19-11-16(22)4-5-17(18)19/h3-6,10-13,24-25H,7-9H2,1-2H3,(H2,23,26). The van der Waals surface area contributed by atoms with Crippen molar-refractivity contribution in [2.45, 2.75) is 31.6 Å². The highest BCUT2D eigenvalue weighted by Gasteiger charge is 2.15. The van der Waals surface area contributed by atoms with Crippen LogP contribution in [0.1, 0.15) is 25.8 Å². The Bertz CT molecular complexity index is 1030. The maximum atomic E-state index is 13.5. The lowest BCUT2D eigenvalue weighted by molar-refractivity contribution is -0.117. The van der Waals surface area contributed by atoms with Crippen molar-refractivity contribution in [3.05, 3.63) is 54.0 Å². The molecule has 0 spiro atoms. The summed E-state index contributed by atoms with van der Waals surface area (Å²) in [6.07, 6.45) is 2.76. The molecule has 0 saturated carbocycles. The van der Waals surface area contributed by atoms with Gasteiger partial charge >= 0.3 is 0 Å². The van der Waals surface area contributed by atoms with Gasteiger partial charge in [-0.2, -0.15) is 0 Å². The second kappa shape index (κ2) is 8.67.